The number of likely N-dealkylation sites (tertiary alicyclic amines) is 1. The number of thiazole rings is 1. The molecule has 0 aromatic carbocycles. The standard InChI is InChI=1S/C14H22N4S/c1-15-6-5-13-4-2-3-7-17(13)10-12-11-18-8-9-19-14(18)16-12/h8-9,11,13,15H,2-7,10H2,1H3. The molecule has 104 valence electrons. The first kappa shape index (κ1) is 13.1. The molecule has 19 heavy (non-hydrogen) atoms. The number of piperidine rings is 1. The van der Waals surface area contributed by atoms with Crippen LogP contribution in [0, 0.1) is 0 Å². The first-order valence-corrected chi connectivity index (χ1v) is 8.04. The van der Waals surface area contributed by atoms with E-state index in [0.29, 0.717) is 0 Å². The molecule has 1 atom stereocenters. The molecular weight excluding hydrogens is 256 g/mol. The summed E-state index contributed by atoms with van der Waals surface area (Å²) in [5, 5.41) is 5.36. The second-order valence-electron chi connectivity index (χ2n) is 5.34. The Bertz CT molecular complexity index is 490. The minimum Gasteiger partial charge on any atom is -0.320 e. The van der Waals surface area contributed by atoms with Crippen LogP contribution in [0.1, 0.15) is 31.4 Å². The van der Waals surface area contributed by atoms with Gasteiger partial charge < -0.3 is 5.32 Å². The number of nitrogens with zero attached hydrogens (tertiary/aromatic N) is 3. The van der Waals surface area contributed by atoms with Gasteiger partial charge in [0.1, 0.15) is 0 Å². The Balaban J connectivity index is 1.67. The maximum atomic E-state index is 4.71. The number of hydrogen-bond donors (Lipinski definition) is 1. The fourth-order valence-corrected chi connectivity index (χ4v) is 3.69. The Morgan fingerprint density at radius 1 is 1.47 bits per heavy atom. The maximum absolute atomic E-state index is 4.71. The van der Waals surface area contributed by atoms with Crippen molar-refractivity contribution in [2.24, 2.45) is 0 Å². The molecule has 1 aliphatic rings. The van der Waals surface area contributed by atoms with E-state index in [-0.39, 0.29) is 0 Å². The summed E-state index contributed by atoms with van der Waals surface area (Å²) < 4.78 is 2.13. The van der Waals surface area contributed by atoms with Crippen LogP contribution in [0.2, 0.25) is 0 Å². The van der Waals surface area contributed by atoms with Crippen LogP contribution >= 0.6 is 11.3 Å². The van der Waals surface area contributed by atoms with Crippen molar-refractivity contribution in [1.29, 1.82) is 0 Å². The molecule has 1 aliphatic heterocycles. The van der Waals surface area contributed by atoms with Gasteiger partial charge in [-0.05, 0) is 39.4 Å². The van der Waals surface area contributed by atoms with Crippen LogP contribution in [0.4, 0.5) is 0 Å². The molecule has 0 spiro atoms. The van der Waals surface area contributed by atoms with E-state index in [1.165, 1.54) is 37.9 Å². The normalized spacial score (nSPS) is 21.2. The van der Waals surface area contributed by atoms with Crippen molar-refractivity contribution in [2.45, 2.75) is 38.3 Å². The molecule has 0 amide bonds. The number of imidazole rings is 1. The van der Waals surface area contributed by atoms with Gasteiger partial charge in [-0.3, -0.25) is 9.30 Å². The van der Waals surface area contributed by atoms with Gasteiger partial charge in [0.05, 0.1) is 5.69 Å². The van der Waals surface area contributed by atoms with E-state index >= 15 is 0 Å². The lowest BCUT2D eigenvalue weighted by atomic mass is 9.99. The van der Waals surface area contributed by atoms with Crippen molar-refractivity contribution < 1.29 is 0 Å². The molecule has 1 fully saturated rings. The average Bonchev–Trinajstić information content (AvgIpc) is 2.98. The Kier molecular flexibility index (Phi) is 4.15. The van der Waals surface area contributed by atoms with Crippen LogP contribution in [0.15, 0.2) is 17.8 Å². The summed E-state index contributed by atoms with van der Waals surface area (Å²) in [4.78, 5) is 8.43. The van der Waals surface area contributed by atoms with Gasteiger partial charge in [0.2, 0.25) is 0 Å². The van der Waals surface area contributed by atoms with Gasteiger partial charge >= 0.3 is 0 Å². The summed E-state index contributed by atoms with van der Waals surface area (Å²) in [6.07, 6.45) is 9.56. The van der Waals surface area contributed by atoms with Crippen molar-refractivity contribution in [3.63, 3.8) is 0 Å². The molecule has 2 aromatic heterocycles. The van der Waals surface area contributed by atoms with Crippen molar-refractivity contribution in [2.75, 3.05) is 20.1 Å². The van der Waals surface area contributed by atoms with Gasteiger partial charge in [-0.2, -0.15) is 0 Å². The highest BCUT2D eigenvalue weighted by atomic mass is 32.1. The fraction of sp³-hybridized carbons (Fsp3) is 0.643. The summed E-state index contributed by atoms with van der Waals surface area (Å²) in [7, 11) is 2.04. The van der Waals surface area contributed by atoms with Crippen LogP contribution < -0.4 is 5.32 Å². The fourth-order valence-electron chi connectivity index (χ4n) is 2.97. The number of fused-ring (bicyclic) bond motifs is 1. The van der Waals surface area contributed by atoms with Crippen LogP contribution in [0.5, 0.6) is 0 Å². The highest BCUT2D eigenvalue weighted by molar-refractivity contribution is 7.15. The number of rotatable bonds is 5. The van der Waals surface area contributed by atoms with Crippen LogP contribution in [-0.4, -0.2) is 40.5 Å². The van der Waals surface area contributed by atoms with Gasteiger partial charge in [0, 0.05) is 30.4 Å². The third-order valence-electron chi connectivity index (χ3n) is 3.98. The second-order valence-corrected chi connectivity index (χ2v) is 6.21. The van der Waals surface area contributed by atoms with E-state index in [0.717, 1.165) is 24.1 Å². The monoisotopic (exact) mass is 278 g/mol. The lowest BCUT2D eigenvalue weighted by molar-refractivity contribution is 0.131. The highest BCUT2D eigenvalue weighted by Gasteiger charge is 2.22. The van der Waals surface area contributed by atoms with Gasteiger partial charge in [-0.1, -0.05) is 6.42 Å². The molecule has 1 saturated heterocycles. The summed E-state index contributed by atoms with van der Waals surface area (Å²) in [5.74, 6) is 0. The molecule has 1 N–H and O–H groups in total. The lowest BCUT2D eigenvalue weighted by Crippen LogP contribution is -2.40. The van der Waals surface area contributed by atoms with Crippen molar-refractivity contribution in [3.05, 3.63) is 23.5 Å². The zero-order chi connectivity index (χ0) is 13.1. The van der Waals surface area contributed by atoms with Crippen molar-refractivity contribution in [1.82, 2.24) is 19.6 Å². The van der Waals surface area contributed by atoms with E-state index in [9.17, 15) is 0 Å². The average molecular weight is 278 g/mol. The predicted octanol–water partition coefficient (Wildman–Crippen LogP) is 2.36. The molecule has 3 heterocycles. The number of hydrogen-bond acceptors (Lipinski definition) is 4. The molecule has 2 aromatic rings. The molecule has 5 heteroatoms. The number of nitrogens with one attached hydrogen (secondary N) is 1. The third kappa shape index (κ3) is 2.99. The molecule has 4 nitrogen and oxygen atoms in total. The smallest absolute Gasteiger partial charge is 0.193 e. The molecule has 0 radical (unpaired) electrons. The summed E-state index contributed by atoms with van der Waals surface area (Å²) in [6, 6.07) is 0.723. The van der Waals surface area contributed by atoms with Gasteiger partial charge in [-0.15, -0.1) is 11.3 Å². The Hall–Kier alpha value is -0.910. The zero-order valence-electron chi connectivity index (χ0n) is 11.5. The van der Waals surface area contributed by atoms with Crippen LogP contribution in [-0.2, 0) is 6.54 Å². The molecule has 0 saturated carbocycles. The zero-order valence-corrected chi connectivity index (χ0v) is 12.3. The Morgan fingerprint density at radius 2 is 2.42 bits per heavy atom. The summed E-state index contributed by atoms with van der Waals surface area (Å²) in [5.41, 5.74) is 1.21. The highest BCUT2D eigenvalue weighted by Crippen LogP contribution is 2.22. The first-order chi connectivity index (χ1) is 9.36. The quantitative estimate of drug-likeness (QED) is 0.911. The molecule has 0 aliphatic carbocycles. The van der Waals surface area contributed by atoms with Crippen LogP contribution in [0.25, 0.3) is 4.96 Å². The van der Waals surface area contributed by atoms with E-state index in [2.05, 4.69) is 32.4 Å². The van der Waals surface area contributed by atoms with Gasteiger partial charge in [-0.25, -0.2) is 4.98 Å². The first-order valence-electron chi connectivity index (χ1n) is 7.16. The Labute approximate surface area is 118 Å². The predicted molar refractivity (Wildman–Crippen MR) is 79.7 cm³/mol. The van der Waals surface area contributed by atoms with Crippen molar-refractivity contribution in [3.8, 4) is 0 Å². The van der Waals surface area contributed by atoms with Gasteiger partial charge in [0.15, 0.2) is 4.96 Å². The van der Waals surface area contributed by atoms with E-state index < -0.39 is 0 Å². The Morgan fingerprint density at radius 3 is 3.26 bits per heavy atom. The maximum Gasteiger partial charge on any atom is 0.193 e. The molecule has 1 unspecified atom stereocenters. The minimum atomic E-state index is 0.723. The molecule has 3 rings (SSSR count). The second kappa shape index (κ2) is 6.03. The van der Waals surface area contributed by atoms with Crippen LogP contribution in [0.3, 0.4) is 0 Å². The SMILES string of the molecule is CNCCC1CCCCN1Cc1cn2ccsc2n1. The third-order valence-corrected chi connectivity index (χ3v) is 4.76. The van der Waals surface area contributed by atoms with E-state index in [4.69, 9.17) is 4.98 Å². The van der Waals surface area contributed by atoms with E-state index in [1.54, 1.807) is 11.3 Å². The largest absolute Gasteiger partial charge is 0.320 e. The topological polar surface area (TPSA) is 32.6 Å². The lowest BCUT2D eigenvalue weighted by Gasteiger charge is -2.35. The number of aromatic nitrogens is 2. The molecule has 0 bridgehead atoms. The van der Waals surface area contributed by atoms with E-state index in [1.807, 2.05) is 7.05 Å². The van der Waals surface area contributed by atoms with Gasteiger partial charge in [0.25, 0.3) is 0 Å². The summed E-state index contributed by atoms with van der Waals surface area (Å²) in [6.45, 7) is 3.34. The minimum absolute atomic E-state index is 0.723. The molecular formula is C14H22N4S. The van der Waals surface area contributed by atoms with Crippen molar-refractivity contribution >= 4 is 16.3 Å². The summed E-state index contributed by atoms with van der Waals surface area (Å²) >= 11 is 1.71.